The van der Waals surface area contributed by atoms with Crippen molar-refractivity contribution in [1.29, 1.82) is 0 Å². The van der Waals surface area contributed by atoms with Crippen molar-refractivity contribution in [2.45, 2.75) is 25.7 Å². The molecule has 1 saturated heterocycles. The first kappa shape index (κ1) is 16.0. The van der Waals surface area contributed by atoms with Crippen molar-refractivity contribution < 1.29 is 4.79 Å². The van der Waals surface area contributed by atoms with Gasteiger partial charge in [0.25, 0.3) is 0 Å². The summed E-state index contributed by atoms with van der Waals surface area (Å²) in [4.78, 5) is 14.5. The van der Waals surface area contributed by atoms with Crippen molar-refractivity contribution in [2.24, 2.45) is 0 Å². The molecule has 1 fully saturated rings. The van der Waals surface area contributed by atoms with Crippen LogP contribution in [0, 0.1) is 6.92 Å². The largest absolute Gasteiger partial charge is 0.325 e. The van der Waals surface area contributed by atoms with E-state index in [1.54, 1.807) is 6.20 Å². The number of aromatic amines is 1. The minimum Gasteiger partial charge on any atom is -0.325 e. The zero-order valence-electron chi connectivity index (χ0n) is 13.2. The molecular weight excluding hydrogens is 312 g/mol. The maximum absolute atomic E-state index is 12.3. The van der Waals surface area contributed by atoms with Crippen LogP contribution < -0.4 is 5.32 Å². The van der Waals surface area contributed by atoms with Crippen LogP contribution >= 0.6 is 11.6 Å². The fourth-order valence-corrected chi connectivity index (χ4v) is 3.19. The number of rotatable bonds is 4. The van der Waals surface area contributed by atoms with E-state index in [1.165, 1.54) is 0 Å². The highest BCUT2D eigenvalue weighted by atomic mass is 35.5. The number of piperidine rings is 1. The predicted octanol–water partition coefficient (Wildman–Crippen LogP) is 3.19. The molecule has 23 heavy (non-hydrogen) atoms. The molecule has 122 valence electrons. The van der Waals surface area contributed by atoms with Crippen LogP contribution in [0.15, 0.2) is 30.5 Å². The number of anilines is 1. The fraction of sp³-hybridized carbons (Fsp3) is 0.412. The van der Waals surface area contributed by atoms with Crippen molar-refractivity contribution in [3.8, 4) is 0 Å². The number of aromatic nitrogens is 2. The molecule has 0 unspecified atom stereocenters. The minimum atomic E-state index is 0.0111. The number of nitrogens with zero attached hydrogens (tertiary/aromatic N) is 2. The summed E-state index contributed by atoms with van der Waals surface area (Å²) in [6.07, 6.45) is 4.01. The second-order valence-corrected chi connectivity index (χ2v) is 6.51. The summed E-state index contributed by atoms with van der Waals surface area (Å²) in [6.45, 7) is 4.18. The lowest BCUT2D eigenvalue weighted by Crippen LogP contribution is -2.39. The molecule has 0 aliphatic carbocycles. The number of nitrogens with one attached hydrogen (secondary N) is 2. The number of hydrogen-bond donors (Lipinski definition) is 2. The molecule has 5 nitrogen and oxygen atoms in total. The molecule has 2 N–H and O–H groups in total. The van der Waals surface area contributed by atoms with E-state index in [0.717, 1.165) is 42.9 Å². The Morgan fingerprint density at radius 3 is 3.09 bits per heavy atom. The number of carbonyl (C=O) groups excluding carboxylic acids is 1. The first-order valence-electron chi connectivity index (χ1n) is 7.89. The quantitative estimate of drug-likeness (QED) is 0.904. The van der Waals surface area contributed by atoms with Gasteiger partial charge in [0.2, 0.25) is 5.91 Å². The van der Waals surface area contributed by atoms with Crippen LogP contribution in [0.3, 0.4) is 0 Å². The first-order valence-corrected chi connectivity index (χ1v) is 8.27. The Balaban J connectivity index is 1.55. The molecule has 1 aliphatic rings. The number of halogens is 1. The van der Waals surface area contributed by atoms with Crippen LogP contribution in [0.5, 0.6) is 0 Å². The molecule has 0 bridgehead atoms. The van der Waals surface area contributed by atoms with Gasteiger partial charge in [0.1, 0.15) is 0 Å². The molecule has 6 heteroatoms. The maximum atomic E-state index is 12.3. The van der Waals surface area contributed by atoms with Gasteiger partial charge < -0.3 is 5.32 Å². The standard InChI is InChI=1S/C17H21ClN4O/c1-12-9-14(4-5-15(12)18)20-17(23)11-22-8-2-3-13(10-22)16-6-7-19-21-16/h4-7,9,13H,2-3,8,10-11H2,1H3,(H,19,21)(H,20,23)/t13-/m1/s1. The minimum absolute atomic E-state index is 0.0111. The average Bonchev–Trinajstić information content (AvgIpc) is 3.05. The van der Waals surface area contributed by atoms with Gasteiger partial charge in [-0.05, 0) is 56.1 Å². The summed E-state index contributed by atoms with van der Waals surface area (Å²) < 4.78 is 0. The van der Waals surface area contributed by atoms with Crippen LogP contribution in [-0.4, -0.2) is 40.6 Å². The van der Waals surface area contributed by atoms with Gasteiger partial charge in [0.15, 0.2) is 0 Å². The number of carbonyl (C=O) groups is 1. The summed E-state index contributed by atoms with van der Waals surface area (Å²) >= 11 is 6.01. The van der Waals surface area contributed by atoms with E-state index in [2.05, 4.69) is 20.4 Å². The lowest BCUT2D eigenvalue weighted by Gasteiger charge is -2.31. The Morgan fingerprint density at radius 1 is 1.48 bits per heavy atom. The fourth-order valence-electron chi connectivity index (χ4n) is 3.07. The smallest absolute Gasteiger partial charge is 0.238 e. The van der Waals surface area contributed by atoms with Crippen molar-refractivity contribution in [2.75, 3.05) is 25.0 Å². The van der Waals surface area contributed by atoms with Crippen LogP contribution in [0.4, 0.5) is 5.69 Å². The number of aryl methyl sites for hydroxylation is 1. The van der Waals surface area contributed by atoms with Crippen molar-refractivity contribution in [3.05, 3.63) is 46.7 Å². The molecule has 1 amide bonds. The van der Waals surface area contributed by atoms with Gasteiger partial charge in [0.05, 0.1) is 6.54 Å². The van der Waals surface area contributed by atoms with E-state index >= 15 is 0 Å². The van der Waals surface area contributed by atoms with Crippen LogP contribution in [0.2, 0.25) is 5.02 Å². The van der Waals surface area contributed by atoms with Gasteiger partial charge in [-0.25, -0.2) is 0 Å². The molecule has 0 saturated carbocycles. The van der Waals surface area contributed by atoms with Crippen molar-refractivity contribution in [1.82, 2.24) is 15.1 Å². The molecule has 2 heterocycles. The van der Waals surface area contributed by atoms with Gasteiger partial charge >= 0.3 is 0 Å². The number of amides is 1. The number of hydrogen-bond acceptors (Lipinski definition) is 3. The third kappa shape index (κ3) is 4.12. The second kappa shape index (κ2) is 7.15. The highest BCUT2D eigenvalue weighted by Crippen LogP contribution is 2.25. The summed E-state index contributed by atoms with van der Waals surface area (Å²) in [5.74, 6) is 0.439. The molecule has 1 aliphatic heterocycles. The maximum Gasteiger partial charge on any atom is 0.238 e. The van der Waals surface area contributed by atoms with Crippen molar-refractivity contribution >= 4 is 23.2 Å². The normalized spacial score (nSPS) is 18.8. The van der Waals surface area contributed by atoms with Gasteiger partial charge in [0, 0.05) is 35.1 Å². The van der Waals surface area contributed by atoms with Crippen LogP contribution in [0.25, 0.3) is 0 Å². The molecule has 0 radical (unpaired) electrons. The lowest BCUT2D eigenvalue weighted by atomic mass is 9.95. The molecular formula is C17H21ClN4O. The molecule has 1 aromatic carbocycles. The SMILES string of the molecule is Cc1cc(NC(=O)CN2CCC[C@@H](c3ccn[nH]3)C2)ccc1Cl. The Hall–Kier alpha value is -1.85. The van der Waals surface area contributed by atoms with Gasteiger partial charge in [-0.1, -0.05) is 11.6 Å². The topological polar surface area (TPSA) is 61.0 Å². The predicted molar refractivity (Wildman–Crippen MR) is 91.8 cm³/mol. The van der Waals surface area contributed by atoms with Gasteiger partial charge in [-0.2, -0.15) is 5.10 Å². The summed E-state index contributed by atoms with van der Waals surface area (Å²) in [6, 6.07) is 7.55. The molecule has 2 aromatic rings. The third-order valence-electron chi connectivity index (χ3n) is 4.28. The van der Waals surface area contributed by atoms with Gasteiger partial charge in [-0.3, -0.25) is 14.8 Å². The number of likely N-dealkylation sites (tertiary alicyclic amines) is 1. The Bertz CT molecular complexity index is 671. The zero-order chi connectivity index (χ0) is 16.2. The zero-order valence-corrected chi connectivity index (χ0v) is 13.9. The summed E-state index contributed by atoms with van der Waals surface area (Å²) in [5.41, 5.74) is 2.91. The van der Waals surface area contributed by atoms with Crippen molar-refractivity contribution in [3.63, 3.8) is 0 Å². The Morgan fingerprint density at radius 2 is 2.35 bits per heavy atom. The van der Waals surface area contributed by atoms with Crippen LogP contribution in [0.1, 0.15) is 30.0 Å². The Labute approximate surface area is 141 Å². The van der Waals surface area contributed by atoms with E-state index < -0.39 is 0 Å². The molecule has 3 rings (SSSR count). The van der Waals surface area contributed by atoms with E-state index in [4.69, 9.17) is 11.6 Å². The number of benzene rings is 1. The Kier molecular flexibility index (Phi) is 4.98. The molecule has 1 atom stereocenters. The summed E-state index contributed by atoms with van der Waals surface area (Å²) in [5, 5.41) is 10.7. The second-order valence-electron chi connectivity index (χ2n) is 6.10. The third-order valence-corrected chi connectivity index (χ3v) is 4.70. The van der Waals surface area contributed by atoms with E-state index in [1.807, 2.05) is 31.2 Å². The highest BCUT2D eigenvalue weighted by molar-refractivity contribution is 6.31. The highest BCUT2D eigenvalue weighted by Gasteiger charge is 2.23. The van der Waals surface area contributed by atoms with Crippen LogP contribution in [-0.2, 0) is 4.79 Å². The van der Waals surface area contributed by atoms with E-state index in [-0.39, 0.29) is 5.91 Å². The van der Waals surface area contributed by atoms with E-state index in [9.17, 15) is 4.79 Å². The monoisotopic (exact) mass is 332 g/mol. The number of H-pyrrole nitrogens is 1. The van der Waals surface area contributed by atoms with Gasteiger partial charge in [-0.15, -0.1) is 0 Å². The van der Waals surface area contributed by atoms with E-state index in [0.29, 0.717) is 17.5 Å². The summed E-state index contributed by atoms with van der Waals surface area (Å²) in [7, 11) is 0. The molecule has 1 aromatic heterocycles. The lowest BCUT2D eigenvalue weighted by molar-refractivity contribution is -0.117. The first-order chi connectivity index (χ1) is 11.1. The average molecular weight is 333 g/mol. The molecule has 0 spiro atoms.